The highest BCUT2D eigenvalue weighted by molar-refractivity contribution is 9.10. The van der Waals surface area contributed by atoms with Crippen LogP contribution in [0.1, 0.15) is 31.2 Å². The first kappa shape index (κ1) is 15.6. The van der Waals surface area contributed by atoms with Crippen LogP contribution in [0.2, 0.25) is 0 Å². The Kier molecular flexibility index (Phi) is 4.95. The average molecular weight is 360 g/mol. The Hall–Kier alpha value is -0.760. The maximum Gasteiger partial charge on any atom is 0.243 e. The number of nitrogens with zero attached hydrogens (tertiary/aromatic N) is 1. The van der Waals surface area contributed by atoms with E-state index in [1.54, 1.807) is 11.3 Å². The molecule has 3 unspecified atom stereocenters. The molecule has 2 heterocycles. The van der Waals surface area contributed by atoms with Crippen molar-refractivity contribution in [1.82, 2.24) is 10.2 Å². The fraction of sp³-hybridized carbons (Fsp3) is 0.538. The van der Waals surface area contributed by atoms with Gasteiger partial charge in [-0.15, -0.1) is 11.3 Å². The molecule has 3 atom stereocenters. The number of halogens is 1. The quantitative estimate of drug-likeness (QED) is 0.801. The van der Waals surface area contributed by atoms with Crippen LogP contribution in [-0.2, 0) is 9.59 Å². The maximum atomic E-state index is 12.0. The van der Waals surface area contributed by atoms with E-state index in [2.05, 4.69) is 21.2 Å². The third-order valence-corrected chi connectivity index (χ3v) is 5.18. The Balaban J connectivity index is 2.36. The molecular weight excluding hydrogens is 342 g/mol. The van der Waals surface area contributed by atoms with E-state index in [1.165, 1.54) is 0 Å². The lowest BCUT2D eigenvalue weighted by molar-refractivity contribution is -0.142. The standard InChI is InChI=1S/C13H18BrN3O2S/c1-3-9-13(19)16-11(18)5-17(9)12(7(2)15)10-4-8(14)6-20-10/h4,6-7,9,12H,3,5,15H2,1-2H3,(H,16,18,19). The van der Waals surface area contributed by atoms with Gasteiger partial charge in [0.25, 0.3) is 0 Å². The summed E-state index contributed by atoms with van der Waals surface area (Å²) < 4.78 is 0.990. The summed E-state index contributed by atoms with van der Waals surface area (Å²) in [5.41, 5.74) is 6.12. The Labute approximate surface area is 130 Å². The molecule has 1 aliphatic rings. The van der Waals surface area contributed by atoms with Crippen molar-refractivity contribution in [2.24, 2.45) is 5.73 Å². The fourth-order valence-electron chi connectivity index (χ4n) is 2.61. The summed E-state index contributed by atoms with van der Waals surface area (Å²) in [5, 5.41) is 4.38. The van der Waals surface area contributed by atoms with E-state index in [0.29, 0.717) is 6.42 Å². The monoisotopic (exact) mass is 359 g/mol. The topological polar surface area (TPSA) is 75.4 Å². The minimum absolute atomic E-state index is 0.133. The fourth-order valence-corrected chi connectivity index (χ4v) is 4.29. The average Bonchev–Trinajstić information content (AvgIpc) is 2.75. The Morgan fingerprint density at radius 2 is 2.30 bits per heavy atom. The van der Waals surface area contributed by atoms with Gasteiger partial charge in [0, 0.05) is 20.8 Å². The summed E-state index contributed by atoms with van der Waals surface area (Å²) in [5.74, 6) is -0.494. The molecular formula is C13H18BrN3O2S. The zero-order valence-corrected chi connectivity index (χ0v) is 13.8. The smallest absolute Gasteiger partial charge is 0.243 e. The number of piperazine rings is 1. The molecule has 0 aromatic carbocycles. The Bertz CT molecular complexity index is 517. The van der Waals surface area contributed by atoms with Gasteiger partial charge in [-0.1, -0.05) is 6.92 Å². The molecule has 20 heavy (non-hydrogen) atoms. The van der Waals surface area contributed by atoms with Crippen LogP contribution in [0.5, 0.6) is 0 Å². The predicted molar refractivity (Wildman–Crippen MR) is 82.3 cm³/mol. The molecule has 7 heteroatoms. The summed E-state index contributed by atoms with van der Waals surface area (Å²) in [7, 11) is 0. The van der Waals surface area contributed by atoms with Crippen LogP contribution in [0.15, 0.2) is 15.9 Å². The van der Waals surface area contributed by atoms with Crippen LogP contribution in [0.4, 0.5) is 0 Å². The molecule has 0 spiro atoms. The number of hydrogen-bond acceptors (Lipinski definition) is 5. The second kappa shape index (κ2) is 6.34. The van der Waals surface area contributed by atoms with Crippen LogP contribution in [0.3, 0.4) is 0 Å². The molecule has 1 aromatic heterocycles. The third-order valence-electron chi connectivity index (χ3n) is 3.41. The van der Waals surface area contributed by atoms with Gasteiger partial charge in [-0.3, -0.25) is 19.8 Å². The predicted octanol–water partition coefficient (Wildman–Crippen LogP) is 1.64. The Morgan fingerprint density at radius 3 is 2.80 bits per heavy atom. The second-order valence-corrected chi connectivity index (χ2v) is 6.84. The third kappa shape index (κ3) is 3.11. The van der Waals surface area contributed by atoms with Gasteiger partial charge in [0.2, 0.25) is 11.8 Å². The number of carbonyl (C=O) groups excluding carboxylic acids is 2. The lowest BCUT2D eigenvalue weighted by Gasteiger charge is -2.40. The van der Waals surface area contributed by atoms with Crippen LogP contribution >= 0.6 is 27.3 Å². The van der Waals surface area contributed by atoms with Crippen molar-refractivity contribution < 1.29 is 9.59 Å². The highest BCUT2D eigenvalue weighted by Gasteiger charge is 2.39. The van der Waals surface area contributed by atoms with Gasteiger partial charge in [-0.05, 0) is 35.3 Å². The summed E-state index contributed by atoms with van der Waals surface area (Å²) in [4.78, 5) is 26.7. The van der Waals surface area contributed by atoms with E-state index in [-0.39, 0.29) is 36.5 Å². The summed E-state index contributed by atoms with van der Waals surface area (Å²) in [6.07, 6.45) is 0.648. The van der Waals surface area contributed by atoms with Gasteiger partial charge >= 0.3 is 0 Å². The van der Waals surface area contributed by atoms with E-state index in [4.69, 9.17) is 5.73 Å². The van der Waals surface area contributed by atoms with Crippen molar-refractivity contribution >= 4 is 39.1 Å². The van der Waals surface area contributed by atoms with Crippen molar-refractivity contribution in [2.45, 2.75) is 38.4 Å². The molecule has 0 saturated carbocycles. The first-order valence-corrected chi connectivity index (χ1v) is 8.20. The highest BCUT2D eigenvalue weighted by atomic mass is 79.9. The van der Waals surface area contributed by atoms with E-state index in [9.17, 15) is 9.59 Å². The first-order valence-electron chi connectivity index (χ1n) is 6.53. The molecule has 5 nitrogen and oxygen atoms in total. The summed E-state index contributed by atoms with van der Waals surface area (Å²) in [6.45, 7) is 4.05. The van der Waals surface area contributed by atoms with Crippen molar-refractivity contribution in [3.05, 3.63) is 20.8 Å². The van der Waals surface area contributed by atoms with Crippen molar-refractivity contribution in [3.63, 3.8) is 0 Å². The van der Waals surface area contributed by atoms with Crippen molar-refractivity contribution in [3.8, 4) is 0 Å². The summed E-state index contributed by atoms with van der Waals surface area (Å²) >= 11 is 5.02. The van der Waals surface area contributed by atoms with Gasteiger partial charge in [0.05, 0.1) is 18.6 Å². The van der Waals surface area contributed by atoms with E-state index in [0.717, 1.165) is 9.35 Å². The molecule has 3 N–H and O–H groups in total. The minimum Gasteiger partial charge on any atom is -0.326 e. The van der Waals surface area contributed by atoms with Crippen LogP contribution in [-0.4, -0.2) is 35.3 Å². The van der Waals surface area contributed by atoms with E-state index >= 15 is 0 Å². The number of imide groups is 1. The minimum atomic E-state index is -0.315. The van der Waals surface area contributed by atoms with Gasteiger partial charge in [0.15, 0.2) is 0 Å². The van der Waals surface area contributed by atoms with Gasteiger partial charge < -0.3 is 5.73 Å². The summed E-state index contributed by atoms with van der Waals surface area (Å²) in [6, 6.07) is 1.38. The van der Waals surface area contributed by atoms with Crippen LogP contribution in [0, 0.1) is 0 Å². The maximum absolute atomic E-state index is 12.0. The molecule has 1 aromatic rings. The van der Waals surface area contributed by atoms with Gasteiger partial charge in [0.1, 0.15) is 0 Å². The normalized spacial score (nSPS) is 23.5. The number of nitrogens with two attached hydrogens (primary N) is 1. The van der Waals surface area contributed by atoms with Gasteiger partial charge in [-0.25, -0.2) is 0 Å². The van der Waals surface area contributed by atoms with Crippen LogP contribution in [0.25, 0.3) is 0 Å². The Morgan fingerprint density at radius 1 is 1.60 bits per heavy atom. The number of hydrogen-bond donors (Lipinski definition) is 2. The number of carbonyl (C=O) groups is 2. The molecule has 2 amide bonds. The van der Waals surface area contributed by atoms with Gasteiger partial charge in [-0.2, -0.15) is 0 Å². The molecule has 1 aliphatic heterocycles. The number of nitrogens with one attached hydrogen (secondary N) is 1. The molecule has 0 radical (unpaired) electrons. The number of amides is 2. The largest absolute Gasteiger partial charge is 0.326 e. The molecule has 0 aliphatic carbocycles. The molecule has 0 bridgehead atoms. The molecule has 2 rings (SSSR count). The van der Waals surface area contributed by atoms with Crippen molar-refractivity contribution in [2.75, 3.05) is 6.54 Å². The first-order chi connectivity index (χ1) is 9.43. The van der Waals surface area contributed by atoms with Crippen molar-refractivity contribution in [1.29, 1.82) is 0 Å². The number of rotatable bonds is 4. The molecule has 1 saturated heterocycles. The second-order valence-electron chi connectivity index (χ2n) is 4.98. The van der Waals surface area contributed by atoms with E-state index in [1.807, 2.05) is 30.2 Å². The zero-order chi connectivity index (χ0) is 14.9. The molecule has 1 fully saturated rings. The highest BCUT2D eigenvalue weighted by Crippen LogP contribution is 2.33. The lowest BCUT2D eigenvalue weighted by Crippen LogP contribution is -2.60. The molecule has 110 valence electrons. The lowest BCUT2D eigenvalue weighted by atomic mass is 10.0. The van der Waals surface area contributed by atoms with E-state index < -0.39 is 0 Å². The zero-order valence-electron chi connectivity index (χ0n) is 11.4. The van der Waals surface area contributed by atoms with Crippen LogP contribution < -0.4 is 11.1 Å². The SMILES string of the molecule is CCC1C(=O)NC(=O)CN1C(c1cc(Br)cs1)C(C)N. The number of thiophene rings is 1.